The minimum absolute atomic E-state index is 0.0633. The molecule has 0 aromatic carbocycles. The summed E-state index contributed by atoms with van der Waals surface area (Å²) in [4.78, 5) is 11.1. The van der Waals surface area contributed by atoms with Crippen LogP contribution in [-0.2, 0) is 9.53 Å². The van der Waals surface area contributed by atoms with E-state index in [0.29, 0.717) is 12.5 Å². The van der Waals surface area contributed by atoms with Crippen LogP contribution in [0.3, 0.4) is 0 Å². The van der Waals surface area contributed by atoms with E-state index < -0.39 is 0 Å². The van der Waals surface area contributed by atoms with Crippen molar-refractivity contribution in [2.75, 3.05) is 13.2 Å². The Bertz CT molecular complexity index is 150. The first-order valence-electron chi connectivity index (χ1n) is 4.55. The summed E-state index contributed by atoms with van der Waals surface area (Å²) in [6, 6.07) is 0. The predicted molar refractivity (Wildman–Crippen MR) is 44.5 cm³/mol. The quantitative estimate of drug-likeness (QED) is 0.642. The summed E-state index contributed by atoms with van der Waals surface area (Å²) in [7, 11) is 0. The lowest BCUT2D eigenvalue weighted by Crippen LogP contribution is -2.32. The highest BCUT2D eigenvalue weighted by Gasteiger charge is 2.34. The molecule has 0 radical (unpaired) electrons. The molecule has 0 aliphatic heterocycles. The van der Waals surface area contributed by atoms with E-state index in [4.69, 9.17) is 9.84 Å². The maximum atomic E-state index is 11.1. The van der Waals surface area contributed by atoms with Gasteiger partial charge in [0.25, 0.3) is 0 Å². The molecule has 0 heterocycles. The Hall–Kier alpha value is -0.570. The molecule has 1 fully saturated rings. The molecular weight excluding hydrogens is 156 g/mol. The number of carbonyl (C=O) groups excluding carboxylic acids is 1. The van der Waals surface area contributed by atoms with Crippen molar-refractivity contribution in [3.63, 3.8) is 0 Å². The lowest BCUT2D eigenvalue weighted by Gasteiger charge is -2.32. The van der Waals surface area contributed by atoms with E-state index in [1.807, 2.05) is 6.92 Å². The summed E-state index contributed by atoms with van der Waals surface area (Å²) in [5.74, 6) is 0.595. The first-order chi connectivity index (χ1) is 5.77. The summed E-state index contributed by atoms with van der Waals surface area (Å²) in [5.41, 5.74) is 0. The second-order valence-electron chi connectivity index (χ2n) is 3.30. The molecule has 0 spiro atoms. The van der Waals surface area contributed by atoms with Crippen LogP contribution in [0.25, 0.3) is 0 Å². The van der Waals surface area contributed by atoms with E-state index in [-0.39, 0.29) is 18.5 Å². The largest absolute Gasteiger partial charge is 0.466 e. The minimum atomic E-state index is -0.0633. The van der Waals surface area contributed by atoms with Crippen LogP contribution >= 0.6 is 0 Å². The predicted octanol–water partition coefficient (Wildman–Crippen LogP) is 0.958. The summed E-state index contributed by atoms with van der Waals surface area (Å²) in [6.07, 6.45) is 2.63. The van der Waals surface area contributed by atoms with Gasteiger partial charge in [0.05, 0.1) is 12.5 Å². The average molecular weight is 172 g/mol. The van der Waals surface area contributed by atoms with E-state index in [9.17, 15) is 4.79 Å². The smallest absolute Gasteiger partial charge is 0.308 e. The molecule has 0 aromatic heterocycles. The zero-order valence-electron chi connectivity index (χ0n) is 7.45. The molecule has 1 aliphatic carbocycles. The fourth-order valence-corrected chi connectivity index (χ4v) is 1.61. The summed E-state index contributed by atoms with van der Waals surface area (Å²) < 4.78 is 4.87. The lowest BCUT2D eigenvalue weighted by molar-refractivity contribution is -0.153. The van der Waals surface area contributed by atoms with Crippen molar-refractivity contribution in [1.82, 2.24) is 0 Å². The van der Waals surface area contributed by atoms with Crippen molar-refractivity contribution >= 4 is 5.97 Å². The molecule has 0 bridgehead atoms. The molecule has 1 rings (SSSR count). The van der Waals surface area contributed by atoms with Crippen LogP contribution in [0.5, 0.6) is 0 Å². The number of esters is 1. The van der Waals surface area contributed by atoms with Crippen LogP contribution < -0.4 is 0 Å². The van der Waals surface area contributed by atoms with E-state index in [1.165, 1.54) is 0 Å². The molecule has 0 aromatic rings. The van der Waals surface area contributed by atoms with Crippen molar-refractivity contribution in [2.24, 2.45) is 11.8 Å². The standard InChI is InChI=1S/C9H16O3/c1-2-12-9(11)8-5-7(6-8)3-4-10/h7-8,10H,2-6H2,1H3/t7-,8-. The average Bonchev–Trinajstić information content (AvgIpc) is 1.96. The molecule has 3 nitrogen and oxygen atoms in total. The van der Waals surface area contributed by atoms with E-state index >= 15 is 0 Å². The second kappa shape index (κ2) is 4.45. The molecule has 70 valence electrons. The molecular formula is C9H16O3. The summed E-state index contributed by atoms with van der Waals surface area (Å²) in [5, 5.41) is 8.61. The van der Waals surface area contributed by atoms with E-state index in [2.05, 4.69) is 0 Å². The van der Waals surface area contributed by atoms with Gasteiger partial charge in [0.15, 0.2) is 0 Å². The number of aliphatic hydroxyl groups is 1. The van der Waals surface area contributed by atoms with Crippen molar-refractivity contribution in [1.29, 1.82) is 0 Å². The van der Waals surface area contributed by atoms with Crippen LogP contribution in [-0.4, -0.2) is 24.3 Å². The molecule has 12 heavy (non-hydrogen) atoms. The molecule has 3 heteroatoms. The van der Waals surface area contributed by atoms with Crippen molar-refractivity contribution in [3.8, 4) is 0 Å². The van der Waals surface area contributed by atoms with Crippen LogP contribution in [0, 0.1) is 11.8 Å². The zero-order chi connectivity index (χ0) is 8.97. The third kappa shape index (κ3) is 2.21. The van der Waals surface area contributed by atoms with Gasteiger partial charge in [-0.2, -0.15) is 0 Å². The Morgan fingerprint density at radius 2 is 2.25 bits per heavy atom. The van der Waals surface area contributed by atoms with Gasteiger partial charge >= 0.3 is 5.97 Å². The fourth-order valence-electron chi connectivity index (χ4n) is 1.61. The van der Waals surface area contributed by atoms with Crippen LogP contribution in [0.4, 0.5) is 0 Å². The molecule has 0 saturated heterocycles. The van der Waals surface area contributed by atoms with Gasteiger partial charge in [-0.1, -0.05) is 0 Å². The van der Waals surface area contributed by atoms with Crippen molar-refractivity contribution < 1.29 is 14.6 Å². The minimum Gasteiger partial charge on any atom is -0.466 e. The lowest BCUT2D eigenvalue weighted by atomic mass is 9.73. The molecule has 1 aliphatic rings. The van der Waals surface area contributed by atoms with Crippen molar-refractivity contribution in [2.45, 2.75) is 26.2 Å². The first kappa shape index (κ1) is 9.52. The Balaban J connectivity index is 2.12. The molecule has 0 unspecified atom stereocenters. The monoisotopic (exact) mass is 172 g/mol. The van der Waals surface area contributed by atoms with Gasteiger partial charge in [-0.15, -0.1) is 0 Å². The van der Waals surface area contributed by atoms with Crippen LogP contribution in [0.2, 0.25) is 0 Å². The van der Waals surface area contributed by atoms with E-state index in [0.717, 1.165) is 19.3 Å². The van der Waals surface area contributed by atoms with Crippen molar-refractivity contribution in [3.05, 3.63) is 0 Å². The third-order valence-electron chi connectivity index (χ3n) is 2.39. The van der Waals surface area contributed by atoms with Gasteiger partial charge in [-0.25, -0.2) is 0 Å². The molecule has 0 amide bonds. The van der Waals surface area contributed by atoms with Crippen LogP contribution in [0.15, 0.2) is 0 Å². The Labute approximate surface area is 72.7 Å². The number of aliphatic hydroxyl groups excluding tert-OH is 1. The van der Waals surface area contributed by atoms with Crippen LogP contribution in [0.1, 0.15) is 26.2 Å². The molecule has 1 saturated carbocycles. The number of rotatable bonds is 4. The van der Waals surface area contributed by atoms with Gasteiger partial charge in [0, 0.05) is 6.61 Å². The van der Waals surface area contributed by atoms with Gasteiger partial charge in [-0.3, -0.25) is 4.79 Å². The number of carbonyl (C=O) groups is 1. The van der Waals surface area contributed by atoms with Gasteiger partial charge < -0.3 is 9.84 Å². The number of hydrogen-bond donors (Lipinski definition) is 1. The van der Waals surface area contributed by atoms with E-state index in [1.54, 1.807) is 0 Å². The fraction of sp³-hybridized carbons (Fsp3) is 0.889. The molecule has 0 atom stereocenters. The normalized spacial score (nSPS) is 27.8. The first-order valence-corrected chi connectivity index (χ1v) is 4.55. The topological polar surface area (TPSA) is 46.5 Å². The maximum Gasteiger partial charge on any atom is 0.308 e. The number of ether oxygens (including phenoxy) is 1. The summed E-state index contributed by atoms with van der Waals surface area (Å²) >= 11 is 0. The SMILES string of the molecule is CCOC(=O)[C@H]1C[C@H](CCO)C1. The Morgan fingerprint density at radius 3 is 2.75 bits per heavy atom. The van der Waals surface area contributed by atoms with Gasteiger partial charge in [0.2, 0.25) is 0 Å². The maximum absolute atomic E-state index is 11.1. The third-order valence-corrected chi connectivity index (χ3v) is 2.39. The van der Waals surface area contributed by atoms with Gasteiger partial charge in [-0.05, 0) is 32.1 Å². The zero-order valence-corrected chi connectivity index (χ0v) is 7.45. The molecule has 1 N–H and O–H groups in total. The highest BCUT2D eigenvalue weighted by atomic mass is 16.5. The van der Waals surface area contributed by atoms with Gasteiger partial charge in [0.1, 0.15) is 0 Å². The number of hydrogen-bond acceptors (Lipinski definition) is 3. The highest BCUT2D eigenvalue weighted by Crippen LogP contribution is 2.36. The summed E-state index contributed by atoms with van der Waals surface area (Å²) in [6.45, 7) is 2.53. The second-order valence-corrected chi connectivity index (χ2v) is 3.30. The Morgan fingerprint density at radius 1 is 1.58 bits per heavy atom. The Kier molecular flexibility index (Phi) is 3.53. The highest BCUT2D eigenvalue weighted by molar-refractivity contribution is 5.73.